The molecule has 0 radical (unpaired) electrons. The number of carbonyl (C=O) groups excluding carboxylic acids is 1. The van der Waals surface area contributed by atoms with E-state index in [-0.39, 0.29) is 28.6 Å². The molecule has 0 fully saturated rings. The van der Waals surface area contributed by atoms with Crippen LogP contribution in [0.5, 0.6) is 0 Å². The first-order valence-electron chi connectivity index (χ1n) is 9.11. The number of nitrogens with zero attached hydrogens (tertiary/aromatic N) is 5. The van der Waals surface area contributed by atoms with E-state index in [0.717, 1.165) is 16.3 Å². The molecule has 1 amide bonds. The zero-order valence-electron chi connectivity index (χ0n) is 16.9. The van der Waals surface area contributed by atoms with Gasteiger partial charge < -0.3 is 5.32 Å². The number of nitriles is 1. The van der Waals surface area contributed by atoms with Crippen LogP contribution < -0.4 is 16.6 Å². The summed E-state index contributed by atoms with van der Waals surface area (Å²) in [5.41, 5.74) is -0.261. The van der Waals surface area contributed by atoms with Crippen molar-refractivity contribution in [2.75, 3.05) is 11.1 Å². The number of amides is 1. The zero-order chi connectivity index (χ0) is 22.0. The number of aromatic nitrogens is 4. The number of aryl methyl sites for hydroxylation is 1. The van der Waals surface area contributed by atoms with Gasteiger partial charge >= 0.3 is 5.69 Å². The second-order valence-corrected chi connectivity index (χ2v) is 8.92. The molecule has 0 aliphatic heterocycles. The Morgan fingerprint density at radius 1 is 1.37 bits per heavy atom. The lowest BCUT2D eigenvalue weighted by Crippen LogP contribution is -2.39. The van der Waals surface area contributed by atoms with Crippen LogP contribution in [0.15, 0.2) is 26.1 Å². The highest BCUT2D eigenvalue weighted by atomic mass is 32.2. The van der Waals surface area contributed by atoms with Crippen LogP contribution in [0.2, 0.25) is 0 Å². The minimum absolute atomic E-state index is 0.0131. The summed E-state index contributed by atoms with van der Waals surface area (Å²) in [6.45, 7) is 6.02. The topological polar surface area (TPSA) is 123 Å². The van der Waals surface area contributed by atoms with Crippen LogP contribution in [0.3, 0.4) is 0 Å². The molecule has 0 saturated carbocycles. The number of hydrogen-bond acceptors (Lipinski definition) is 8. The van der Waals surface area contributed by atoms with Crippen molar-refractivity contribution in [2.45, 2.75) is 32.3 Å². The summed E-state index contributed by atoms with van der Waals surface area (Å²) in [6.07, 6.45) is 0. The standard InChI is InChI=1S/C19H20N6O3S2/c1-10(2)8-25-15-14(18(27)24(4)19(25)28)17(22-11(3)21-15)30-9-13(26)23-16-12(7-20)5-6-29-16/h5-6,10H,8-9H2,1-4H3,(H,23,26). The molecule has 0 saturated heterocycles. The molecule has 0 unspecified atom stereocenters. The quantitative estimate of drug-likeness (QED) is 0.456. The normalized spacial score (nSPS) is 11.1. The monoisotopic (exact) mass is 444 g/mol. The molecule has 0 aromatic carbocycles. The number of thioether (sulfide) groups is 1. The maximum absolute atomic E-state index is 12.8. The van der Waals surface area contributed by atoms with Crippen molar-refractivity contribution in [2.24, 2.45) is 13.0 Å². The molecule has 3 aromatic rings. The van der Waals surface area contributed by atoms with Crippen molar-refractivity contribution in [3.8, 4) is 6.07 Å². The number of rotatable bonds is 6. The van der Waals surface area contributed by atoms with Gasteiger partial charge in [0.15, 0.2) is 5.65 Å². The van der Waals surface area contributed by atoms with Crippen molar-refractivity contribution in [1.82, 2.24) is 19.1 Å². The molecule has 11 heteroatoms. The van der Waals surface area contributed by atoms with Crippen LogP contribution in [-0.2, 0) is 18.4 Å². The number of thiophene rings is 1. The Balaban J connectivity index is 1.99. The fourth-order valence-electron chi connectivity index (χ4n) is 2.87. The number of hydrogen-bond donors (Lipinski definition) is 1. The summed E-state index contributed by atoms with van der Waals surface area (Å²) in [4.78, 5) is 46.5. The first kappa shape index (κ1) is 21.7. The highest BCUT2D eigenvalue weighted by Gasteiger charge is 2.19. The third-order valence-corrected chi connectivity index (χ3v) is 5.99. The average Bonchev–Trinajstić information content (AvgIpc) is 3.14. The van der Waals surface area contributed by atoms with Crippen LogP contribution in [0, 0.1) is 24.2 Å². The van der Waals surface area contributed by atoms with E-state index in [0.29, 0.717) is 28.0 Å². The first-order valence-corrected chi connectivity index (χ1v) is 11.0. The van der Waals surface area contributed by atoms with E-state index in [1.54, 1.807) is 18.4 Å². The van der Waals surface area contributed by atoms with Crippen molar-refractivity contribution in [3.63, 3.8) is 0 Å². The zero-order valence-corrected chi connectivity index (χ0v) is 18.6. The SMILES string of the molecule is Cc1nc(SCC(=O)Nc2sccc2C#N)c2c(=O)n(C)c(=O)n(CC(C)C)c2n1. The third kappa shape index (κ3) is 4.29. The molecule has 3 rings (SSSR count). The second-order valence-electron chi connectivity index (χ2n) is 7.04. The Morgan fingerprint density at radius 2 is 2.10 bits per heavy atom. The van der Waals surface area contributed by atoms with Gasteiger partial charge in [-0.1, -0.05) is 25.6 Å². The van der Waals surface area contributed by atoms with Crippen LogP contribution in [0.4, 0.5) is 5.00 Å². The lowest BCUT2D eigenvalue weighted by Gasteiger charge is -2.15. The van der Waals surface area contributed by atoms with E-state index < -0.39 is 11.2 Å². The van der Waals surface area contributed by atoms with Crippen molar-refractivity contribution in [3.05, 3.63) is 43.7 Å². The van der Waals surface area contributed by atoms with Gasteiger partial charge in [-0.05, 0) is 24.3 Å². The molecular weight excluding hydrogens is 424 g/mol. The molecular formula is C19H20N6O3S2. The predicted octanol–water partition coefficient (Wildman–Crippen LogP) is 2.12. The largest absolute Gasteiger partial charge is 0.332 e. The summed E-state index contributed by atoms with van der Waals surface area (Å²) in [5.74, 6) is 0.234. The van der Waals surface area contributed by atoms with Gasteiger partial charge in [0.2, 0.25) is 5.91 Å². The molecule has 0 aliphatic rings. The van der Waals surface area contributed by atoms with Crippen LogP contribution in [0.1, 0.15) is 25.2 Å². The molecule has 3 heterocycles. The highest BCUT2D eigenvalue weighted by molar-refractivity contribution is 8.00. The van der Waals surface area contributed by atoms with E-state index in [1.165, 1.54) is 23.0 Å². The minimum Gasteiger partial charge on any atom is -0.316 e. The lowest BCUT2D eigenvalue weighted by atomic mass is 10.2. The number of fused-ring (bicyclic) bond motifs is 1. The summed E-state index contributed by atoms with van der Waals surface area (Å²) < 4.78 is 2.52. The Morgan fingerprint density at radius 3 is 2.77 bits per heavy atom. The fraction of sp³-hybridized carbons (Fsp3) is 0.368. The van der Waals surface area contributed by atoms with Crippen molar-refractivity contribution < 1.29 is 4.79 Å². The summed E-state index contributed by atoms with van der Waals surface area (Å²) >= 11 is 2.36. The van der Waals surface area contributed by atoms with Gasteiger partial charge in [0.25, 0.3) is 5.56 Å². The van der Waals surface area contributed by atoms with Gasteiger partial charge in [-0.3, -0.25) is 18.7 Å². The third-order valence-electron chi connectivity index (χ3n) is 4.19. The molecule has 30 heavy (non-hydrogen) atoms. The molecule has 1 N–H and O–H groups in total. The fourth-order valence-corrected chi connectivity index (χ4v) is 4.48. The van der Waals surface area contributed by atoms with Gasteiger partial charge in [-0.15, -0.1) is 11.3 Å². The number of carbonyl (C=O) groups is 1. The molecule has 0 spiro atoms. The Labute approximate surface area is 180 Å². The highest BCUT2D eigenvalue weighted by Crippen LogP contribution is 2.25. The second kappa shape index (κ2) is 8.81. The van der Waals surface area contributed by atoms with E-state index in [2.05, 4.69) is 15.3 Å². The molecule has 0 bridgehead atoms. The Kier molecular flexibility index (Phi) is 6.38. The Bertz CT molecular complexity index is 1280. The lowest BCUT2D eigenvalue weighted by molar-refractivity contribution is -0.113. The van der Waals surface area contributed by atoms with Gasteiger partial charge in [-0.2, -0.15) is 5.26 Å². The van der Waals surface area contributed by atoms with E-state index in [9.17, 15) is 14.4 Å². The molecule has 3 aromatic heterocycles. The van der Waals surface area contributed by atoms with Gasteiger partial charge in [0.05, 0.1) is 11.3 Å². The van der Waals surface area contributed by atoms with Crippen LogP contribution in [-0.4, -0.2) is 30.8 Å². The molecule has 9 nitrogen and oxygen atoms in total. The minimum atomic E-state index is -0.497. The molecule has 156 valence electrons. The van der Waals surface area contributed by atoms with Gasteiger partial charge in [0, 0.05) is 13.6 Å². The predicted molar refractivity (Wildman–Crippen MR) is 117 cm³/mol. The molecule has 0 aliphatic carbocycles. The smallest absolute Gasteiger partial charge is 0.316 e. The maximum atomic E-state index is 12.8. The van der Waals surface area contributed by atoms with Gasteiger partial charge in [0.1, 0.15) is 27.3 Å². The summed E-state index contributed by atoms with van der Waals surface area (Å²) in [6, 6.07) is 3.65. The van der Waals surface area contributed by atoms with E-state index in [1.807, 2.05) is 19.9 Å². The summed E-state index contributed by atoms with van der Waals surface area (Å²) in [7, 11) is 1.42. The first-order chi connectivity index (χ1) is 14.2. The van der Waals surface area contributed by atoms with Crippen molar-refractivity contribution in [1.29, 1.82) is 5.26 Å². The van der Waals surface area contributed by atoms with Crippen LogP contribution in [0.25, 0.3) is 11.0 Å². The Hall–Kier alpha value is -2.97. The van der Waals surface area contributed by atoms with Crippen molar-refractivity contribution >= 4 is 45.0 Å². The summed E-state index contributed by atoms with van der Waals surface area (Å²) in [5, 5.41) is 14.5. The van der Waals surface area contributed by atoms with E-state index >= 15 is 0 Å². The average molecular weight is 445 g/mol. The maximum Gasteiger partial charge on any atom is 0.332 e. The molecule has 0 atom stereocenters. The van der Waals surface area contributed by atoms with Crippen LogP contribution >= 0.6 is 23.1 Å². The number of anilines is 1. The van der Waals surface area contributed by atoms with Gasteiger partial charge in [-0.25, -0.2) is 14.8 Å². The number of nitrogens with one attached hydrogen (secondary N) is 1. The van der Waals surface area contributed by atoms with E-state index in [4.69, 9.17) is 5.26 Å².